The Morgan fingerprint density at radius 1 is 1.15 bits per heavy atom. The van der Waals surface area contributed by atoms with Crippen LogP contribution in [0.2, 0.25) is 18.1 Å². The van der Waals surface area contributed by atoms with E-state index in [0.717, 1.165) is 26.0 Å². The van der Waals surface area contributed by atoms with Crippen molar-refractivity contribution in [2.75, 3.05) is 19.7 Å². The minimum Gasteiger partial charge on any atom is -0.416 e. The molecular weight excluding hydrogens is 266 g/mol. The van der Waals surface area contributed by atoms with Crippen LogP contribution in [0, 0.1) is 11.8 Å². The summed E-state index contributed by atoms with van der Waals surface area (Å²) in [4.78, 5) is 13.7. The fourth-order valence-electron chi connectivity index (χ4n) is 2.31. The normalized spacial score (nSPS) is 26.0. The van der Waals surface area contributed by atoms with Crippen molar-refractivity contribution in [2.45, 2.75) is 65.2 Å². The summed E-state index contributed by atoms with van der Waals surface area (Å²) >= 11 is 0. The van der Waals surface area contributed by atoms with Gasteiger partial charge in [0.15, 0.2) is 8.32 Å². The molecular formula is C16H33NO2Si. The molecule has 1 fully saturated rings. The first-order chi connectivity index (χ1) is 8.88. The highest BCUT2D eigenvalue weighted by Crippen LogP contribution is 2.38. The van der Waals surface area contributed by atoms with E-state index in [1.165, 1.54) is 0 Å². The van der Waals surface area contributed by atoms with Crippen LogP contribution < -0.4 is 0 Å². The van der Waals surface area contributed by atoms with E-state index in [2.05, 4.69) is 59.5 Å². The lowest BCUT2D eigenvalue weighted by atomic mass is 9.99. The molecule has 0 aromatic carbocycles. The van der Waals surface area contributed by atoms with E-state index >= 15 is 0 Å². The Hall–Kier alpha value is -0.193. The second-order valence-electron chi connectivity index (χ2n) is 8.71. The number of hydrogen-bond acceptors (Lipinski definition) is 3. The lowest BCUT2D eigenvalue weighted by Gasteiger charge is -2.37. The first-order valence-electron chi connectivity index (χ1n) is 7.73. The smallest absolute Gasteiger partial charge is 0.191 e. The molecule has 1 heterocycles. The Kier molecular flexibility index (Phi) is 5.26. The van der Waals surface area contributed by atoms with Gasteiger partial charge in [-0.2, -0.15) is 0 Å². The molecule has 0 amide bonds. The molecule has 4 heteroatoms. The van der Waals surface area contributed by atoms with Crippen molar-refractivity contribution in [1.29, 1.82) is 0 Å². The first-order valence-corrected chi connectivity index (χ1v) is 10.6. The van der Waals surface area contributed by atoms with Gasteiger partial charge in [0.2, 0.25) is 0 Å². The molecule has 0 aromatic heterocycles. The molecule has 2 unspecified atom stereocenters. The van der Waals surface area contributed by atoms with Crippen molar-refractivity contribution in [3.05, 3.63) is 0 Å². The van der Waals surface area contributed by atoms with Crippen LogP contribution in [-0.2, 0) is 9.22 Å². The lowest BCUT2D eigenvalue weighted by molar-refractivity contribution is -0.112. The molecule has 0 aromatic rings. The zero-order valence-electron chi connectivity index (χ0n) is 14.6. The average molecular weight is 300 g/mol. The van der Waals surface area contributed by atoms with Gasteiger partial charge in [-0.05, 0) is 38.9 Å². The van der Waals surface area contributed by atoms with Crippen LogP contribution in [0.15, 0.2) is 0 Å². The molecule has 2 atom stereocenters. The van der Waals surface area contributed by atoms with Gasteiger partial charge in [-0.15, -0.1) is 0 Å². The van der Waals surface area contributed by atoms with Gasteiger partial charge in [0.05, 0.1) is 0 Å². The number of rotatable bonds is 4. The van der Waals surface area contributed by atoms with Gasteiger partial charge in [-0.1, -0.05) is 20.8 Å². The van der Waals surface area contributed by atoms with Gasteiger partial charge in [0, 0.05) is 37.1 Å². The Morgan fingerprint density at radius 3 is 2.10 bits per heavy atom. The van der Waals surface area contributed by atoms with Crippen LogP contribution in [0.3, 0.4) is 0 Å². The van der Waals surface area contributed by atoms with E-state index in [1.54, 1.807) is 0 Å². The standard InChI is InChI=1S/C16H33NO2Si/c1-15(2,3)17-9-13(11-18)14(10-17)12-19-20(7,8)16(4,5)6/h11,13-14H,9-10,12H2,1-8H3. The van der Waals surface area contributed by atoms with E-state index in [0.29, 0.717) is 5.92 Å². The van der Waals surface area contributed by atoms with Crippen molar-refractivity contribution in [3.8, 4) is 0 Å². The number of hydrogen-bond donors (Lipinski definition) is 0. The summed E-state index contributed by atoms with van der Waals surface area (Å²) in [5.41, 5.74) is 0.132. The van der Waals surface area contributed by atoms with Gasteiger partial charge < -0.3 is 9.22 Å². The van der Waals surface area contributed by atoms with Crippen LogP contribution in [0.1, 0.15) is 41.5 Å². The Balaban J connectivity index is 2.66. The monoisotopic (exact) mass is 299 g/mol. The van der Waals surface area contributed by atoms with Crippen LogP contribution in [0.4, 0.5) is 0 Å². The maximum Gasteiger partial charge on any atom is 0.191 e. The van der Waals surface area contributed by atoms with Gasteiger partial charge >= 0.3 is 0 Å². The minimum atomic E-state index is -1.72. The third-order valence-electron chi connectivity index (χ3n) is 5.08. The first kappa shape index (κ1) is 17.9. The average Bonchev–Trinajstić information content (AvgIpc) is 2.67. The van der Waals surface area contributed by atoms with E-state index < -0.39 is 8.32 Å². The molecule has 0 radical (unpaired) electrons. The summed E-state index contributed by atoms with van der Waals surface area (Å²) in [7, 11) is -1.72. The number of carbonyl (C=O) groups excluding carboxylic acids is 1. The van der Waals surface area contributed by atoms with Crippen molar-refractivity contribution < 1.29 is 9.22 Å². The highest BCUT2D eigenvalue weighted by atomic mass is 28.4. The number of likely N-dealkylation sites (tertiary alicyclic amines) is 1. The number of aldehydes is 1. The highest BCUT2D eigenvalue weighted by Gasteiger charge is 2.41. The van der Waals surface area contributed by atoms with Gasteiger partial charge in [-0.25, -0.2) is 0 Å². The summed E-state index contributed by atoms with van der Waals surface area (Å²) in [6.45, 7) is 20.5. The van der Waals surface area contributed by atoms with Crippen molar-refractivity contribution in [1.82, 2.24) is 4.90 Å². The van der Waals surface area contributed by atoms with Crippen molar-refractivity contribution in [3.63, 3.8) is 0 Å². The minimum absolute atomic E-state index is 0.124. The number of carbonyl (C=O) groups is 1. The summed E-state index contributed by atoms with van der Waals surface area (Å²) in [6, 6.07) is 0. The highest BCUT2D eigenvalue weighted by molar-refractivity contribution is 6.74. The molecule has 1 aliphatic rings. The molecule has 0 N–H and O–H groups in total. The predicted octanol–water partition coefficient (Wildman–Crippen LogP) is 3.55. The molecule has 1 aliphatic heterocycles. The van der Waals surface area contributed by atoms with Crippen molar-refractivity contribution >= 4 is 14.6 Å². The maximum atomic E-state index is 11.3. The van der Waals surface area contributed by atoms with E-state index in [1.807, 2.05) is 0 Å². The molecule has 0 spiro atoms. The largest absolute Gasteiger partial charge is 0.416 e. The molecule has 118 valence electrons. The molecule has 1 saturated heterocycles. The summed E-state index contributed by atoms with van der Waals surface area (Å²) in [5, 5.41) is 0.228. The van der Waals surface area contributed by atoms with Gasteiger partial charge in [-0.3, -0.25) is 4.90 Å². The quantitative estimate of drug-likeness (QED) is 0.587. The molecule has 0 aliphatic carbocycles. The van der Waals surface area contributed by atoms with Crippen LogP contribution in [0.25, 0.3) is 0 Å². The lowest BCUT2D eigenvalue weighted by Crippen LogP contribution is -2.43. The Morgan fingerprint density at radius 2 is 1.70 bits per heavy atom. The van der Waals surface area contributed by atoms with Gasteiger partial charge in [0.25, 0.3) is 0 Å². The predicted molar refractivity (Wildman–Crippen MR) is 87.5 cm³/mol. The SMILES string of the molecule is CC(C)(C)N1CC(C=O)C(CO[Si](C)(C)C(C)(C)C)C1. The molecule has 3 nitrogen and oxygen atoms in total. The summed E-state index contributed by atoms with van der Waals surface area (Å²) in [5.74, 6) is 0.472. The summed E-state index contributed by atoms with van der Waals surface area (Å²) in [6.07, 6.45) is 1.13. The fourth-order valence-corrected chi connectivity index (χ4v) is 3.37. The molecule has 0 saturated carbocycles. The zero-order chi connectivity index (χ0) is 15.8. The van der Waals surface area contributed by atoms with E-state index in [9.17, 15) is 4.79 Å². The molecule has 0 bridgehead atoms. The third-order valence-corrected chi connectivity index (χ3v) is 9.58. The fraction of sp³-hybridized carbons (Fsp3) is 0.938. The Labute approximate surface area is 126 Å². The topological polar surface area (TPSA) is 29.5 Å². The molecule has 20 heavy (non-hydrogen) atoms. The second kappa shape index (κ2) is 5.89. The number of nitrogens with zero attached hydrogens (tertiary/aromatic N) is 1. The molecule has 1 rings (SSSR count). The second-order valence-corrected chi connectivity index (χ2v) is 13.5. The summed E-state index contributed by atoms with van der Waals surface area (Å²) < 4.78 is 6.32. The van der Waals surface area contributed by atoms with Crippen LogP contribution >= 0.6 is 0 Å². The third kappa shape index (κ3) is 4.15. The van der Waals surface area contributed by atoms with E-state index in [-0.39, 0.29) is 16.5 Å². The Bertz CT molecular complexity index is 341. The maximum absolute atomic E-state index is 11.3. The van der Waals surface area contributed by atoms with Crippen LogP contribution in [0.5, 0.6) is 0 Å². The van der Waals surface area contributed by atoms with E-state index in [4.69, 9.17) is 4.43 Å². The van der Waals surface area contributed by atoms with Crippen molar-refractivity contribution in [2.24, 2.45) is 11.8 Å². The van der Waals surface area contributed by atoms with Gasteiger partial charge in [0.1, 0.15) is 6.29 Å². The van der Waals surface area contributed by atoms with Crippen LogP contribution in [-0.4, -0.2) is 44.7 Å². The zero-order valence-corrected chi connectivity index (χ0v) is 15.6.